The normalized spacial score (nSPS) is 10.1. The largest absolute Gasteiger partial charge is 0.489 e. The van der Waals surface area contributed by atoms with Gasteiger partial charge in [-0.1, -0.05) is 36.4 Å². The number of carbonyl (C=O) groups is 2. The predicted molar refractivity (Wildman–Crippen MR) is 82.9 cm³/mol. The van der Waals surface area contributed by atoms with E-state index in [0.29, 0.717) is 12.4 Å². The molecule has 0 amide bonds. The summed E-state index contributed by atoms with van der Waals surface area (Å²) in [5.74, 6) is -0.972. The number of aryl methyl sites for hydroxylation is 1. The third kappa shape index (κ3) is 3.95. The lowest BCUT2D eigenvalue weighted by Crippen LogP contribution is -2.17. The van der Waals surface area contributed by atoms with Crippen LogP contribution in [0.1, 0.15) is 28.4 Å². The molecular formula is C18H18O4. The van der Waals surface area contributed by atoms with Gasteiger partial charge in [-0.3, -0.25) is 4.79 Å². The molecule has 0 unspecified atom stereocenters. The van der Waals surface area contributed by atoms with Crippen LogP contribution in [0.3, 0.4) is 0 Å². The van der Waals surface area contributed by atoms with Gasteiger partial charge < -0.3 is 9.47 Å². The Kier molecular flexibility index (Phi) is 5.31. The summed E-state index contributed by atoms with van der Waals surface area (Å²) in [4.78, 5) is 23.4. The third-order valence-corrected chi connectivity index (χ3v) is 3.21. The molecule has 4 heteroatoms. The zero-order valence-corrected chi connectivity index (χ0v) is 12.7. The van der Waals surface area contributed by atoms with E-state index < -0.39 is 11.8 Å². The maximum absolute atomic E-state index is 11.9. The van der Waals surface area contributed by atoms with Crippen molar-refractivity contribution in [1.29, 1.82) is 0 Å². The molecule has 114 valence electrons. The minimum Gasteiger partial charge on any atom is -0.489 e. The van der Waals surface area contributed by atoms with E-state index in [4.69, 9.17) is 9.47 Å². The van der Waals surface area contributed by atoms with Crippen LogP contribution in [0.2, 0.25) is 0 Å². The molecule has 0 aliphatic heterocycles. The average molecular weight is 298 g/mol. The van der Waals surface area contributed by atoms with Crippen molar-refractivity contribution in [3.63, 3.8) is 0 Å². The van der Waals surface area contributed by atoms with Crippen molar-refractivity contribution < 1.29 is 19.1 Å². The van der Waals surface area contributed by atoms with E-state index >= 15 is 0 Å². The standard InChI is InChI=1S/C18H18O4/c1-3-21-18(20)17(19)14-9-6-10-16(11-14)22-12-15-8-5-4-7-13(15)2/h4-11H,3,12H2,1-2H3. The molecule has 22 heavy (non-hydrogen) atoms. The Bertz CT molecular complexity index is 676. The highest BCUT2D eigenvalue weighted by molar-refractivity contribution is 6.40. The molecule has 0 aliphatic rings. The van der Waals surface area contributed by atoms with Crippen molar-refractivity contribution in [3.8, 4) is 5.75 Å². The van der Waals surface area contributed by atoms with Crippen LogP contribution in [0, 0.1) is 6.92 Å². The van der Waals surface area contributed by atoms with Gasteiger partial charge in [0.05, 0.1) is 6.61 Å². The number of ether oxygens (including phenoxy) is 2. The molecule has 0 fully saturated rings. The second-order valence-electron chi connectivity index (χ2n) is 4.79. The van der Waals surface area contributed by atoms with Gasteiger partial charge >= 0.3 is 5.97 Å². The molecule has 0 bridgehead atoms. The van der Waals surface area contributed by atoms with Crippen LogP contribution in [0.4, 0.5) is 0 Å². The van der Waals surface area contributed by atoms with E-state index in [1.54, 1.807) is 31.2 Å². The van der Waals surface area contributed by atoms with Crippen LogP contribution >= 0.6 is 0 Å². The molecule has 0 spiro atoms. The molecule has 2 aromatic rings. The molecule has 2 rings (SSSR count). The number of esters is 1. The van der Waals surface area contributed by atoms with Crippen LogP contribution in [0.25, 0.3) is 0 Å². The monoisotopic (exact) mass is 298 g/mol. The highest BCUT2D eigenvalue weighted by Gasteiger charge is 2.17. The Labute approximate surface area is 129 Å². The maximum atomic E-state index is 11.9. The van der Waals surface area contributed by atoms with E-state index in [9.17, 15) is 9.59 Å². The summed E-state index contributed by atoms with van der Waals surface area (Å²) in [6, 6.07) is 14.5. The summed E-state index contributed by atoms with van der Waals surface area (Å²) in [6.07, 6.45) is 0. The topological polar surface area (TPSA) is 52.6 Å². The fourth-order valence-electron chi connectivity index (χ4n) is 1.97. The molecule has 0 atom stereocenters. The van der Waals surface area contributed by atoms with Gasteiger partial charge in [0.15, 0.2) is 0 Å². The van der Waals surface area contributed by atoms with Crippen molar-refractivity contribution >= 4 is 11.8 Å². The summed E-state index contributed by atoms with van der Waals surface area (Å²) in [6.45, 7) is 4.25. The van der Waals surface area contributed by atoms with Crippen LogP contribution in [-0.4, -0.2) is 18.4 Å². The average Bonchev–Trinajstić information content (AvgIpc) is 2.54. The van der Waals surface area contributed by atoms with Crippen molar-refractivity contribution in [2.45, 2.75) is 20.5 Å². The molecule has 0 saturated carbocycles. The Morgan fingerprint density at radius 3 is 2.55 bits per heavy atom. The second-order valence-corrected chi connectivity index (χ2v) is 4.79. The maximum Gasteiger partial charge on any atom is 0.379 e. The van der Waals surface area contributed by atoms with Gasteiger partial charge in [0, 0.05) is 5.56 Å². The first kappa shape index (κ1) is 15.8. The number of Topliss-reactive ketones (excluding diaryl/α,β-unsaturated/α-hetero) is 1. The molecule has 0 saturated heterocycles. The minimum absolute atomic E-state index is 0.175. The molecule has 0 heterocycles. The molecule has 0 aliphatic carbocycles. The van der Waals surface area contributed by atoms with E-state index in [-0.39, 0.29) is 12.2 Å². The third-order valence-electron chi connectivity index (χ3n) is 3.21. The first-order valence-electron chi connectivity index (χ1n) is 7.10. The summed E-state index contributed by atoms with van der Waals surface area (Å²) in [5, 5.41) is 0. The van der Waals surface area contributed by atoms with Gasteiger partial charge in [0.1, 0.15) is 12.4 Å². The van der Waals surface area contributed by atoms with Crippen molar-refractivity contribution in [3.05, 3.63) is 65.2 Å². The first-order chi connectivity index (χ1) is 10.6. The second kappa shape index (κ2) is 7.41. The molecular weight excluding hydrogens is 280 g/mol. The number of carbonyl (C=O) groups excluding carboxylic acids is 2. The van der Waals surface area contributed by atoms with Gasteiger partial charge in [0.2, 0.25) is 0 Å². The fourth-order valence-corrected chi connectivity index (χ4v) is 1.97. The smallest absolute Gasteiger partial charge is 0.379 e. The van der Waals surface area contributed by atoms with E-state index in [1.165, 1.54) is 0 Å². The lowest BCUT2D eigenvalue weighted by Gasteiger charge is -2.09. The van der Waals surface area contributed by atoms with Crippen molar-refractivity contribution in [2.24, 2.45) is 0 Å². The first-order valence-corrected chi connectivity index (χ1v) is 7.10. The lowest BCUT2D eigenvalue weighted by atomic mass is 10.1. The highest BCUT2D eigenvalue weighted by Crippen LogP contribution is 2.17. The highest BCUT2D eigenvalue weighted by atomic mass is 16.5. The molecule has 2 aromatic carbocycles. The molecule has 4 nitrogen and oxygen atoms in total. The summed E-state index contributed by atoms with van der Waals surface area (Å²) < 4.78 is 10.4. The van der Waals surface area contributed by atoms with Crippen LogP contribution in [-0.2, 0) is 16.1 Å². The zero-order valence-electron chi connectivity index (χ0n) is 12.7. The number of rotatable bonds is 6. The van der Waals surface area contributed by atoms with Crippen LogP contribution in [0.15, 0.2) is 48.5 Å². The molecule has 0 radical (unpaired) electrons. The van der Waals surface area contributed by atoms with Crippen molar-refractivity contribution in [1.82, 2.24) is 0 Å². The van der Waals surface area contributed by atoms with Gasteiger partial charge in [-0.25, -0.2) is 4.79 Å². The Morgan fingerprint density at radius 1 is 1.05 bits per heavy atom. The molecule has 0 aromatic heterocycles. The van der Waals surface area contributed by atoms with Crippen molar-refractivity contribution in [2.75, 3.05) is 6.61 Å². The SMILES string of the molecule is CCOC(=O)C(=O)c1cccc(OCc2ccccc2C)c1. The Hall–Kier alpha value is -2.62. The minimum atomic E-state index is -0.849. The lowest BCUT2D eigenvalue weighted by molar-refractivity contribution is -0.137. The number of ketones is 1. The summed E-state index contributed by atoms with van der Waals surface area (Å²) in [7, 11) is 0. The Morgan fingerprint density at radius 2 is 1.82 bits per heavy atom. The zero-order chi connectivity index (χ0) is 15.9. The number of hydrogen-bond acceptors (Lipinski definition) is 4. The Balaban J connectivity index is 2.07. The summed E-state index contributed by atoms with van der Waals surface area (Å²) >= 11 is 0. The van der Waals surface area contributed by atoms with Gasteiger partial charge in [-0.05, 0) is 37.1 Å². The number of benzene rings is 2. The fraction of sp³-hybridized carbons (Fsp3) is 0.222. The van der Waals surface area contributed by atoms with Gasteiger partial charge in [-0.15, -0.1) is 0 Å². The van der Waals surface area contributed by atoms with E-state index in [1.807, 2.05) is 31.2 Å². The van der Waals surface area contributed by atoms with E-state index in [2.05, 4.69) is 0 Å². The van der Waals surface area contributed by atoms with Crippen LogP contribution in [0.5, 0.6) is 5.75 Å². The summed E-state index contributed by atoms with van der Waals surface area (Å²) in [5.41, 5.74) is 2.48. The quantitative estimate of drug-likeness (QED) is 0.466. The number of hydrogen-bond donors (Lipinski definition) is 0. The predicted octanol–water partition coefficient (Wildman–Crippen LogP) is 3.32. The van der Waals surface area contributed by atoms with Crippen LogP contribution < -0.4 is 4.74 Å². The van der Waals surface area contributed by atoms with E-state index in [0.717, 1.165) is 11.1 Å². The molecule has 0 N–H and O–H groups in total. The van der Waals surface area contributed by atoms with Gasteiger partial charge in [-0.2, -0.15) is 0 Å². The van der Waals surface area contributed by atoms with Gasteiger partial charge in [0.25, 0.3) is 5.78 Å².